The second kappa shape index (κ2) is 13.8. The highest BCUT2D eigenvalue weighted by Crippen LogP contribution is 2.56. The van der Waals surface area contributed by atoms with Gasteiger partial charge in [0.05, 0.1) is 22.2 Å². The average molecular weight is 834 g/mol. The molecular weight excluding hydrogens is 787 g/mol. The van der Waals surface area contributed by atoms with Gasteiger partial charge in [-0.05, 0) is 117 Å². The Morgan fingerprint density at radius 1 is 0.369 bits per heavy atom. The van der Waals surface area contributed by atoms with Gasteiger partial charge < -0.3 is 14.0 Å². The molecule has 0 saturated carbocycles. The van der Waals surface area contributed by atoms with Crippen molar-refractivity contribution in [3.05, 3.63) is 235 Å². The van der Waals surface area contributed by atoms with E-state index in [9.17, 15) is 0 Å². The highest BCUT2D eigenvalue weighted by atomic mass is 15.1. The van der Waals surface area contributed by atoms with E-state index < -0.39 is 0 Å². The normalized spacial score (nSPS) is 14.1. The molecule has 0 N–H and O–H groups in total. The number of hydrogen-bond acceptors (Lipinski definition) is 1. The molecule has 0 amide bonds. The maximum absolute atomic E-state index is 2.55. The van der Waals surface area contributed by atoms with E-state index in [4.69, 9.17) is 0 Å². The molecule has 0 saturated heterocycles. The topological polar surface area (TPSA) is 13.1 Å². The third-order valence-electron chi connectivity index (χ3n) is 14.7. The number of hydrogen-bond donors (Lipinski definition) is 0. The van der Waals surface area contributed by atoms with Gasteiger partial charge in [-0.15, -0.1) is 0 Å². The predicted molar refractivity (Wildman–Crippen MR) is 273 cm³/mol. The SMILES string of the molecule is CC1(C)c2ccccc2-c2ccc(N(c3ccc(-c4ccccc4)cc3)c3ccc(-n4c5ccccc5c5c6c(ccc54)c4c(n6-c5ccccc5)-c5ccccc5C4(C)C)cc3)cc21. The van der Waals surface area contributed by atoms with E-state index in [-0.39, 0.29) is 10.8 Å². The molecule has 2 aliphatic carbocycles. The van der Waals surface area contributed by atoms with Crippen LogP contribution in [0, 0.1) is 0 Å². The Hall–Kier alpha value is -7.88. The molecule has 0 spiro atoms. The number of nitrogens with zero attached hydrogens (tertiary/aromatic N) is 3. The van der Waals surface area contributed by atoms with Crippen molar-refractivity contribution in [1.29, 1.82) is 0 Å². The molecule has 0 bridgehead atoms. The fourth-order valence-electron chi connectivity index (χ4n) is 11.7. The van der Waals surface area contributed by atoms with Crippen LogP contribution in [-0.4, -0.2) is 9.13 Å². The summed E-state index contributed by atoms with van der Waals surface area (Å²) in [5.74, 6) is 0. The molecule has 310 valence electrons. The highest BCUT2D eigenvalue weighted by Gasteiger charge is 2.41. The molecule has 2 heterocycles. The summed E-state index contributed by atoms with van der Waals surface area (Å²) in [6.45, 7) is 9.51. The summed E-state index contributed by atoms with van der Waals surface area (Å²) in [6.07, 6.45) is 0. The number of rotatable bonds is 6. The first-order valence-electron chi connectivity index (χ1n) is 22.9. The smallest absolute Gasteiger partial charge is 0.0638 e. The minimum Gasteiger partial charge on any atom is -0.310 e. The zero-order chi connectivity index (χ0) is 43.6. The molecule has 2 aliphatic rings. The van der Waals surface area contributed by atoms with Crippen LogP contribution in [0.2, 0.25) is 0 Å². The highest BCUT2D eigenvalue weighted by molar-refractivity contribution is 6.23. The largest absolute Gasteiger partial charge is 0.310 e. The summed E-state index contributed by atoms with van der Waals surface area (Å²) in [5, 5.41) is 3.83. The molecule has 13 rings (SSSR count). The lowest BCUT2D eigenvalue weighted by Gasteiger charge is -2.28. The van der Waals surface area contributed by atoms with E-state index in [1.807, 2.05) is 0 Å². The summed E-state index contributed by atoms with van der Waals surface area (Å²) in [5.41, 5.74) is 22.2. The maximum atomic E-state index is 2.55. The first-order valence-corrected chi connectivity index (χ1v) is 22.9. The summed E-state index contributed by atoms with van der Waals surface area (Å²) < 4.78 is 5.02. The third-order valence-corrected chi connectivity index (χ3v) is 14.7. The number of anilines is 3. The van der Waals surface area contributed by atoms with Gasteiger partial charge in [0, 0.05) is 61.0 Å². The second-order valence-electron chi connectivity index (χ2n) is 18.9. The first kappa shape index (κ1) is 37.7. The molecule has 3 heteroatoms. The first-order chi connectivity index (χ1) is 31.8. The van der Waals surface area contributed by atoms with E-state index in [0.29, 0.717) is 0 Å². The van der Waals surface area contributed by atoms with Crippen molar-refractivity contribution in [1.82, 2.24) is 9.13 Å². The van der Waals surface area contributed by atoms with E-state index in [0.717, 1.165) is 22.7 Å². The van der Waals surface area contributed by atoms with E-state index >= 15 is 0 Å². The van der Waals surface area contributed by atoms with Crippen LogP contribution in [-0.2, 0) is 10.8 Å². The van der Waals surface area contributed by atoms with Crippen LogP contribution in [0.1, 0.15) is 49.9 Å². The van der Waals surface area contributed by atoms with Crippen molar-refractivity contribution < 1.29 is 0 Å². The molecule has 2 aromatic heterocycles. The average Bonchev–Trinajstić information content (AvgIpc) is 4.02. The lowest BCUT2D eigenvalue weighted by Crippen LogP contribution is -2.16. The summed E-state index contributed by atoms with van der Waals surface area (Å²) in [4.78, 5) is 2.42. The van der Waals surface area contributed by atoms with Crippen molar-refractivity contribution in [2.24, 2.45) is 0 Å². The minimum atomic E-state index is -0.154. The van der Waals surface area contributed by atoms with Crippen molar-refractivity contribution in [2.75, 3.05) is 4.90 Å². The van der Waals surface area contributed by atoms with Crippen LogP contribution in [0.5, 0.6) is 0 Å². The Bertz CT molecular complexity index is 3680. The van der Waals surface area contributed by atoms with Crippen molar-refractivity contribution in [3.8, 4) is 44.9 Å². The summed E-state index contributed by atoms with van der Waals surface area (Å²) in [6, 6.07) is 78.5. The van der Waals surface area contributed by atoms with E-state index in [1.165, 1.54) is 94.2 Å². The zero-order valence-electron chi connectivity index (χ0n) is 37.0. The van der Waals surface area contributed by atoms with Gasteiger partial charge in [-0.25, -0.2) is 0 Å². The van der Waals surface area contributed by atoms with Crippen LogP contribution in [0.3, 0.4) is 0 Å². The summed E-state index contributed by atoms with van der Waals surface area (Å²) >= 11 is 0. The van der Waals surface area contributed by atoms with E-state index in [1.54, 1.807) is 0 Å². The van der Waals surface area contributed by atoms with Gasteiger partial charge in [-0.1, -0.05) is 167 Å². The van der Waals surface area contributed by atoms with Gasteiger partial charge in [0.1, 0.15) is 0 Å². The molecule has 0 fully saturated rings. The van der Waals surface area contributed by atoms with Gasteiger partial charge in [0.15, 0.2) is 0 Å². The minimum absolute atomic E-state index is 0.115. The molecule has 11 aromatic rings. The quantitative estimate of drug-likeness (QED) is 0.163. The van der Waals surface area contributed by atoms with Crippen LogP contribution in [0.4, 0.5) is 17.1 Å². The Balaban J connectivity index is 0.997. The Labute approximate surface area is 380 Å². The number of para-hydroxylation sites is 2. The predicted octanol–water partition coefficient (Wildman–Crippen LogP) is 16.5. The number of aromatic nitrogens is 2. The molecule has 3 nitrogen and oxygen atoms in total. The molecule has 0 atom stereocenters. The maximum Gasteiger partial charge on any atom is 0.0638 e. The van der Waals surface area contributed by atoms with Crippen molar-refractivity contribution in [2.45, 2.75) is 38.5 Å². The van der Waals surface area contributed by atoms with Gasteiger partial charge in [0.2, 0.25) is 0 Å². The Morgan fingerprint density at radius 3 is 1.66 bits per heavy atom. The van der Waals surface area contributed by atoms with Gasteiger partial charge in [-0.2, -0.15) is 0 Å². The Morgan fingerprint density at radius 2 is 0.923 bits per heavy atom. The molecule has 65 heavy (non-hydrogen) atoms. The van der Waals surface area contributed by atoms with Gasteiger partial charge in [0.25, 0.3) is 0 Å². The van der Waals surface area contributed by atoms with Crippen LogP contribution >= 0.6 is 0 Å². The third kappa shape index (κ3) is 5.36. The Kier molecular flexibility index (Phi) is 8.00. The van der Waals surface area contributed by atoms with Crippen LogP contribution < -0.4 is 4.90 Å². The lowest BCUT2D eigenvalue weighted by molar-refractivity contribution is 0.660. The summed E-state index contributed by atoms with van der Waals surface area (Å²) in [7, 11) is 0. The fraction of sp³-hybridized carbons (Fsp3) is 0.0968. The van der Waals surface area contributed by atoms with E-state index in [2.05, 4.69) is 254 Å². The molecule has 0 unspecified atom stereocenters. The van der Waals surface area contributed by atoms with Crippen molar-refractivity contribution >= 4 is 49.8 Å². The molecule has 0 aliphatic heterocycles. The number of benzene rings is 9. The van der Waals surface area contributed by atoms with Crippen LogP contribution in [0.15, 0.2) is 212 Å². The second-order valence-corrected chi connectivity index (χ2v) is 18.9. The lowest BCUT2D eigenvalue weighted by atomic mass is 9.81. The molecule has 9 aromatic carbocycles. The number of fused-ring (bicyclic) bond motifs is 12. The monoisotopic (exact) mass is 833 g/mol. The van der Waals surface area contributed by atoms with Gasteiger partial charge >= 0.3 is 0 Å². The zero-order valence-corrected chi connectivity index (χ0v) is 37.0. The van der Waals surface area contributed by atoms with Gasteiger partial charge in [-0.3, -0.25) is 0 Å². The van der Waals surface area contributed by atoms with Crippen LogP contribution in [0.25, 0.3) is 77.6 Å². The molecule has 0 radical (unpaired) electrons. The fourth-order valence-corrected chi connectivity index (χ4v) is 11.7. The van der Waals surface area contributed by atoms with Crippen molar-refractivity contribution in [3.63, 3.8) is 0 Å². The molecular formula is C62H47N3. The standard InChI is InChI=1S/C62H47N3/c1-61(2)52-24-14-11-21-47(52)48-36-35-46(39-54(48)61)63(43-29-27-41(28-30-43)40-17-7-5-8-18-40)44-31-33-45(34-32-44)64-55-26-16-13-23-50(55)57-56(64)38-37-51-58-60(49-22-12-15-25-53(49)62(58,3)4)65(59(51)57)42-19-9-6-10-20-42/h5-39H,1-4H3.